The highest BCUT2D eigenvalue weighted by atomic mass is 19.1. The van der Waals surface area contributed by atoms with Gasteiger partial charge >= 0.3 is 11.9 Å². The number of carbonyl (C=O) groups excluding carboxylic acids is 2. The van der Waals surface area contributed by atoms with Crippen molar-refractivity contribution in [2.45, 2.75) is 77.7 Å². The smallest absolute Gasteiger partial charge is 0.320 e. The number of aliphatic hydroxyl groups is 2. The largest absolute Gasteiger partial charge is 0.469 e. The molecule has 1 heterocycles. The van der Waals surface area contributed by atoms with E-state index in [1.807, 2.05) is 63.5 Å². The summed E-state index contributed by atoms with van der Waals surface area (Å²) < 4.78 is 25.6. The maximum absolute atomic E-state index is 13.9. The van der Waals surface area contributed by atoms with Crippen LogP contribution in [0.3, 0.4) is 0 Å². The first-order valence-corrected chi connectivity index (χ1v) is 14.3. The maximum Gasteiger partial charge on any atom is 0.320 e. The lowest BCUT2D eigenvalue weighted by Crippen LogP contribution is -2.31. The highest BCUT2D eigenvalue weighted by molar-refractivity contribution is 5.81. The standard InChI is InChI=1S/C33H42FN3O6/c1-21(2)32-36-30(23-9-7-22(8-10-23)19-35-20-29(41)43-33(3,4)5)31(24-11-13-25(34)14-12-24)37(32)16-15-26(38)17-27(39)18-28(40)42-6/h7-16,21,26-27,35,38-39H,17-20H2,1-6H3/b16-15+. The lowest BCUT2D eigenvalue weighted by atomic mass is 10.0. The summed E-state index contributed by atoms with van der Waals surface area (Å²) in [6.07, 6.45) is 0.836. The van der Waals surface area contributed by atoms with Gasteiger partial charge in [-0.2, -0.15) is 0 Å². The van der Waals surface area contributed by atoms with E-state index in [4.69, 9.17) is 9.72 Å². The third-order valence-corrected chi connectivity index (χ3v) is 6.42. The van der Waals surface area contributed by atoms with Crippen LogP contribution in [0.1, 0.15) is 64.8 Å². The maximum atomic E-state index is 13.9. The second-order valence-electron chi connectivity index (χ2n) is 11.7. The molecule has 3 N–H and O–H groups in total. The Labute approximate surface area is 252 Å². The van der Waals surface area contributed by atoms with E-state index < -0.39 is 23.8 Å². The number of rotatable bonds is 13. The van der Waals surface area contributed by atoms with Crippen molar-refractivity contribution >= 4 is 18.1 Å². The van der Waals surface area contributed by atoms with Gasteiger partial charge in [-0.05, 0) is 56.7 Å². The Bertz CT molecular complexity index is 1390. The van der Waals surface area contributed by atoms with Gasteiger partial charge in [0, 0.05) is 36.2 Å². The number of aliphatic hydroxyl groups excluding tert-OH is 2. The first-order valence-electron chi connectivity index (χ1n) is 14.3. The quantitative estimate of drug-likeness (QED) is 0.235. The molecule has 0 aliphatic carbocycles. The summed E-state index contributed by atoms with van der Waals surface area (Å²) in [5, 5.41) is 23.8. The zero-order valence-electron chi connectivity index (χ0n) is 25.6. The number of benzene rings is 2. The van der Waals surface area contributed by atoms with Gasteiger partial charge in [0.2, 0.25) is 0 Å². The summed E-state index contributed by atoms with van der Waals surface area (Å²) in [6, 6.07) is 13.9. The fraction of sp³-hybridized carbons (Fsp3) is 0.424. The predicted molar refractivity (Wildman–Crippen MR) is 163 cm³/mol. The molecule has 0 bridgehead atoms. The molecule has 3 rings (SSSR count). The van der Waals surface area contributed by atoms with Gasteiger partial charge in [-0.3, -0.25) is 9.59 Å². The third kappa shape index (κ3) is 10.1. The first-order chi connectivity index (χ1) is 20.3. The second-order valence-corrected chi connectivity index (χ2v) is 11.7. The van der Waals surface area contributed by atoms with Crippen LogP contribution in [-0.2, 0) is 25.6 Å². The molecule has 2 aromatic carbocycles. The molecular weight excluding hydrogens is 553 g/mol. The van der Waals surface area contributed by atoms with Gasteiger partial charge in [0.1, 0.15) is 17.2 Å². The number of aromatic nitrogens is 2. The molecule has 1 aromatic heterocycles. The average Bonchev–Trinajstić information content (AvgIpc) is 3.31. The van der Waals surface area contributed by atoms with Crippen LogP contribution in [0.15, 0.2) is 54.6 Å². The predicted octanol–water partition coefficient (Wildman–Crippen LogP) is 5.06. The molecule has 0 radical (unpaired) electrons. The number of hydrogen-bond donors (Lipinski definition) is 3. The number of methoxy groups -OCH3 is 1. The lowest BCUT2D eigenvalue weighted by Gasteiger charge is -2.19. The fourth-order valence-corrected chi connectivity index (χ4v) is 4.46. The van der Waals surface area contributed by atoms with Crippen molar-refractivity contribution in [1.82, 2.24) is 14.9 Å². The van der Waals surface area contributed by atoms with Crippen LogP contribution in [0.2, 0.25) is 0 Å². The van der Waals surface area contributed by atoms with E-state index in [1.54, 1.807) is 18.3 Å². The number of halogens is 1. The summed E-state index contributed by atoms with van der Waals surface area (Å²) in [6.45, 7) is 10.0. The van der Waals surface area contributed by atoms with E-state index in [-0.39, 0.29) is 37.1 Å². The third-order valence-electron chi connectivity index (χ3n) is 6.42. The highest BCUT2D eigenvalue weighted by Gasteiger charge is 2.22. The summed E-state index contributed by atoms with van der Waals surface area (Å²) in [7, 11) is 1.24. The molecule has 0 saturated carbocycles. The van der Waals surface area contributed by atoms with Gasteiger partial charge < -0.3 is 29.6 Å². The molecule has 232 valence electrons. The number of nitrogens with one attached hydrogen (secondary N) is 1. The molecule has 3 aromatic rings. The van der Waals surface area contributed by atoms with Crippen molar-refractivity contribution in [3.8, 4) is 22.5 Å². The Hall–Kier alpha value is -3.86. The van der Waals surface area contributed by atoms with Crippen LogP contribution in [0.4, 0.5) is 4.39 Å². The average molecular weight is 596 g/mol. The van der Waals surface area contributed by atoms with Gasteiger partial charge in [0.05, 0.1) is 43.7 Å². The Morgan fingerprint density at radius 2 is 1.65 bits per heavy atom. The number of imidazole rings is 1. The van der Waals surface area contributed by atoms with Gasteiger partial charge in [0.25, 0.3) is 0 Å². The summed E-state index contributed by atoms with van der Waals surface area (Å²) in [5.74, 6) is -0.536. The number of nitrogens with zero attached hydrogens (tertiary/aromatic N) is 2. The monoisotopic (exact) mass is 595 g/mol. The molecule has 0 spiro atoms. The van der Waals surface area contributed by atoms with Crippen LogP contribution >= 0.6 is 0 Å². The summed E-state index contributed by atoms with van der Waals surface area (Å²) in [5.41, 5.74) is 3.36. The molecule has 0 fully saturated rings. The summed E-state index contributed by atoms with van der Waals surface area (Å²) >= 11 is 0. The van der Waals surface area contributed by atoms with E-state index in [2.05, 4.69) is 10.1 Å². The van der Waals surface area contributed by atoms with Gasteiger partial charge in [-0.1, -0.05) is 38.1 Å². The molecule has 0 aliphatic heterocycles. The number of ether oxygens (including phenoxy) is 2. The van der Waals surface area contributed by atoms with Gasteiger partial charge in [-0.15, -0.1) is 0 Å². The minimum atomic E-state index is -1.07. The minimum absolute atomic E-state index is 0.00372. The number of esters is 2. The molecule has 43 heavy (non-hydrogen) atoms. The Morgan fingerprint density at radius 3 is 2.23 bits per heavy atom. The van der Waals surface area contributed by atoms with Crippen LogP contribution < -0.4 is 5.32 Å². The summed E-state index contributed by atoms with van der Waals surface area (Å²) in [4.78, 5) is 28.4. The molecule has 0 amide bonds. The molecule has 2 atom stereocenters. The fourth-order valence-electron chi connectivity index (χ4n) is 4.46. The topological polar surface area (TPSA) is 123 Å². The van der Waals surface area contributed by atoms with Crippen LogP contribution in [0, 0.1) is 5.82 Å². The zero-order chi connectivity index (χ0) is 31.7. The van der Waals surface area contributed by atoms with E-state index in [9.17, 15) is 24.2 Å². The van der Waals surface area contributed by atoms with Crippen LogP contribution in [-0.4, -0.2) is 63.2 Å². The first kappa shape index (κ1) is 33.6. The number of carbonyl (C=O) groups is 2. The van der Waals surface area contributed by atoms with Crippen molar-refractivity contribution < 1.29 is 33.7 Å². The lowest BCUT2D eigenvalue weighted by molar-refractivity contribution is -0.153. The normalized spacial score (nSPS) is 13.3. The van der Waals surface area contributed by atoms with E-state index in [1.165, 1.54) is 25.3 Å². The molecular formula is C33H42FN3O6. The van der Waals surface area contributed by atoms with Crippen molar-refractivity contribution in [1.29, 1.82) is 0 Å². The van der Waals surface area contributed by atoms with Crippen molar-refractivity contribution in [3.63, 3.8) is 0 Å². The molecule has 10 heteroatoms. The molecule has 9 nitrogen and oxygen atoms in total. The van der Waals surface area contributed by atoms with E-state index >= 15 is 0 Å². The Balaban J connectivity index is 1.91. The molecule has 0 saturated heterocycles. The Kier molecular flexibility index (Phi) is 11.8. The van der Waals surface area contributed by atoms with Crippen molar-refractivity contribution in [3.05, 3.63) is 71.8 Å². The number of hydrogen-bond acceptors (Lipinski definition) is 8. The minimum Gasteiger partial charge on any atom is -0.469 e. The van der Waals surface area contributed by atoms with Crippen LogP contribution in [0.25, 0.3) is 28.7 Å². The van der Waals surface area contributed by atoms with E-state index in [0.717, 1.165) is 22.5 Å². The van der Waals surface area contributed by atoms with Crippen molar-refractivity contribution in [2.75, 3.05) is 13.7 Å². The molecule has 2 unspecified atom stereocenters. The molecule has 0 aliphatic rings. The Morgan fingerprint density at radius 1 is 1.02 bits per heavy atom. The zero-order valence-corrected chi connectivity index (χ0v) is 25.6. The van der Waals surface area contributed by atoms with Crippen LogP contribution in [0.5, 0.6) is 0 Å². The second kappa shape index (κ2) is 15.0. The SMILES string of the molecule is COC(=O)CC(O)CC(O)/C=C/n1c(C(C)C)nc(-c2ccc(CNCC(=O)OC(C)(C)C)cc2)c1-c1ccc(F)cc1. The van der Waals surface area contributed by atoms with E-state index in [0.29, 0.717) is 17.9 Å². The van der Waals surface area contributed by atoms with Gasteiger partial charge in [-0.25, -0.2) is 9.37 Å². The van der Waals surface area contributed by atoms with Gasteiger partial charge in [0.15, 0.2) is 0 Å². The highest BCUT2D eigenvalue weighted by Crippen LogP contribution is 2.35. The van der Waals surface area contributed by atoms with Crippen molar-refractivity contribution in [2.24, 2.45) is 0 Å².